The van der Waals surface area contributed by atoms with Crippen LogP contribution in [0.2, 0.25) is 0 Å². The molecular formula is C47H46N6OY. The van der Waals surface area contributed by atoms with Gasteiger partial charge in [-0.25, -0.2) is 0 Å². The van der Waals surface area contributed by atoms with Gasteiger partial charge in [0.05, 0.1) is 17.1 Å². The number of benzene rings is 7. The van der Waals surface area contributed by atoms with Gasteiger partial charge < -0.3 is 16.0 Å². The molecule has 8 heteroatoms. The molecule has 1 heterocycles. The fourth-order valence-corrected chi connectivity index (χ4v) is 6.24. The molecule has 1 radical (unpaired) electrons. The Kier molecular flexibility index (Phi) is 14.4. The first-order chi connectivity index (χ1) is 26.5. The van der Waals surface area contributed by atoms with Crippen molar-refractivity contribution in [3.8, 4) is 33.4 Å². The normalized spacial score (nSPS) is 10.7. The fourth-order valence-electron chi connectivity index (χ4n) is 6.24. The molecule has 0 aliphatic rings. The third-order valence-electron chi connectivity index (χ3n) is 9.02. The van der Waals surface area contributed by atoms with Crippen LogP contribution in [0, 0.1) is 0 Å². The molecule has 0 bridgehead atoms. The zero-order chi connectivity index (χ0) is 37.9. The molecule has 273 valence electrons. The summed E-state index contributed by atoms with van der Waals surface area (Å²) in [7, 11) is 3.42. The Bertz CT molecular complexity index is 2350. The average molecular weight is 800 g/mol. The van der Waals surface area contributed by atoms with Crippen LogP contribution in [0.15, 0.2) is 175 Å². The monoisotopic (exact) mass is 799 g/mol. The first-order valence-corrected chi connectivity index (χ1v) is 18.1. The number of nitrogens with zero attached hydrogens (tertiary/aromatic N) is 2. The van der Waals surface area contributed by atoms with E-state index < -0.39 is 0 Å². The Balaban J connectivity index is 0.000000199. The summed E-state index contributed by atoms with van der Waals surface area (Å²) >= 11 is 0. The number of aromatic nitrogens is 1. The Hall–Kier alpha value is -5.73. The van der Waals surface area contributed by atoms with Crippen LogP contribution >= 0.6 is 0 Å². The number of hydrogen-bond donors (Lipinski definition) is 5. The van der Waals surface area contributed by atoms with Crippen molar-refractivity contribution in [1.82, 2.24) is 4.98 Å². The van der Waals surface area contributed by atoms with Gasteiger partial charge in [0, 0.05) is 74.2 Å². The number of amidine groups is 1. The summed E-state index contributed by atoms with van der Waals surface area (Å²) in [5.74, 6) is 0.429. The Morgan fingerprint density at radius 3 is 1.51 bits per heavy atom. The summed E-state index contributed by atoms with van der Waals surface area (Å²) in [6.45, 7) is 4.00. The number of rotatable bonds is 8. The van der Waals surface area contributed by atoms with Crippen LogP contribution in [0.1, 0.15) is 19.4 Å². The second kappa shape index (κ2) is 19.6. The molecule has 0 saturated heterocycles. The van der Waals surface area contributed by atoms with Crippen molar-refractivity contribution in [1.29, 1.82) is 0 Å². The number of H-pyrrole nitrogens is 1. The largest absolute Gasteiger partial charge is 0.386 e. The van der Waals surface area contributed by atoms with Crippen molar-refractivity contribution >= 4 is 44.7 Å². The first-order valence-electron chi connectivity index (χ1n) is 18.1. The molecule has 1 aromatic heterocycles. The van der Waals surface area contributed by atoms with E-state index in [1.807, 2.05) is 93.7 Å². The van der Waals surface area contributed by atoms with E-state index in [2.05, 4.69) is 118 Å². The average Bonchev–Trinajstić information content (AvgIpc) is 3.62. The summed E-state index contributed by atoms with van der Waals surface area (Å²) < 4.78 is 0. The van der Waals surface area contributed by atoms with E-state index in [4.69, 9.17) is 5.73 Å². The third-order valence-corrected chi connectivity index (χ3v) is 9.02. The summed E-state index contributed by atoms with van der Waals surface area (Å²) in [6.07, 6.45) is 0. The van der Waals surface area contributed by atoms with Gasteiger partial charge in [-0.2, -0.15) is 5.10 Å². The van der Waals surface area contributed by atoms with Crippen LogP contribution in [0.4, 0.5) is 17.1 Å². The summed E-state index contributed by atoms with van der Waals surface area (Å²) in [4.78, 5) is 3.54. The minimum Gasteiger partial charge on any atom is -0.386 e. The fraction of sp³-hybridized carbons (Fsp3) is 0.0851. The predicted octanol–water partition coefficient (Wildman–Crippen LogP) is 11.6. The molecule has 8 rings (SSSR count). The minimum atomic E-state index is 0. The molecular weight excluding hydrogens is 753 g/mol. The van der Waals surface area contributed by atoms with Gasteiger partial charge in [0.15, 0.2) is 5.84 Å². The molecule has 6 N–H and O–H groups in total. The number of hydrogen-bond acceptors (Lipinski definition) is 5. The maximum absolute atomic E-state index is 9.82. The Labute approximate surface area is 348 Å². The SMILES string of the molecule is CC.CNc1ccc(-c2ccc(N/N=C(\N)c3ccccc3)cc2)cc1N(C)O.[Y].c1ccc(-c2ccc3[nH]c4ccc(-c5ccccc5)cc4c3c2)cc1. The topological polar surface area (TPSA) is 102 Å². The maximum Gasteiger partial charge on any atom is 0.150 e. The van der Waals surface area contributed by atoms with E-state index in [0.29, 0.717) is 11.5 Å². The van der Waals surface area contributed by atoms with Crippen LogP contribution in [0.25, 0.3) is 55.2 Å². The van der Waals surface area contributed by atoms with Crippen molar-refractivity contribution in [2.75, 3.05) is 29.9 Å². The molecule has 8 aromatic rings. The molecule has 0 aliphatic carbocycles. The van der Waals surface area contributed by atoms with Gasteiger partial charge in [0.25, 0.3) is 0 Å². The van der Waals surface area contributed by atoms with Crippen LogP contribution in [0.5, 0.6) is 0 Å². The van der Waals surface area contributed by atoms with E-state index >= 15 is 0 Å². The molecule has 7 aromatic carbocycles. The zero-order valence-corrected chi connectivity index (χ0v) is 34.5. The van der Waals surface area contributed by atoms with Gasteiger partial charge in [-0.3, -0.25) is 15.7 Å². The van der Waals surface area contributed by atoms with Crippen LogP contribution in [0.3, 0.4) is 0 Å². The number of hydrazone groups is 1. The van der Waals surface area contributed by atoms with E-state index in [1.54, 1.807) is 7.05 Å². The molecule has 0 unspecified atom stereocenters. The zero-order valence-electron chi connectivity index (χ0n) is 31.7. The molecule has 0 fully saturated rings. The summed E-state index contributed by atoms with van der Waals surface area (Å²) in [5.41, 5.74) is 21.6. The standard InChI is InChI=1S/C24H17N.C21H23N5O.C2H6.Y/c1-3-7-17(8-4-1)19-11-13-23-21(15-19)22-16-20(12-14-24(22)25-23)18-9-5-2-6-10-18;1-23-19-13-10-17(14-20(19)26(2)27)15-8-11-18(12-9-15)24-25-21(22)16-6-4-3-5-7-16;1-2;/h1-16,25H;3-14,23-24,27H,1-2H3,(H2,22,25);1-2H3;. The van der Waals surface area contributed by atoms with Gasteiger partial charge >= 0.3 is 0 Å². The predicted molar refractivity (Wildman–Crippen MR) is 230 cm³/mol. The molecule has 0 amide bonds. The van der Waals surface area contributed by atoms with Gasteiger partial charge in [-0.15, -0.1) is 0 Å². The molecule has 0 spiro atoms. The summed E-state index contributed by atoms with van der Waals surface area (Å²) in [6, 6.07) is 57.7. The molecule has 0 aliphatic heterocycles. The van der Waals surface area contributed by atoms with Crippen molar-refractivity contribution in [2.24, 2.45) is 10.8 Å². The number of hydroxylamine groups is 1. The number of fused-ring (bicyclic) bond motifs is 3. The Morgan fingerprint density at radius 2 is 1.02 bits per heavy atom. The summed E-state index contributed by atoms with van der Waals surface area (Å²) in [5, 5.41) is 20.8. The molecule has 7 nitrogen and oxygen atoms in total. The van der Waals surface area contributed by atoms with Gasteiger partial charge in [0.1, 0.15) is 0 Å². The maximum atomic E-state index is 9.82. The van der Waals surface area contributed by atoms with E-state index in [0.717, 1.165) is 33.1 Å². The second-order valence-electron chi connectivity index (χ2n) is 12.4. The van der Waals surface area contributed by atoms with E-state index in [-0.39, 0.29) is 32.7 Å². The minimum absolute atomic E-state index is 0. The number of nitrogens with one attached hydrogen (secondary N) is 3. The number of anilines is 3. The first kappa shape index (κ1) is 40.5. The van der Waals surface area contributed by atoms with E-state index in [9.17, 15) is 5.21 Å². The molecule has 0 saturated carbocycles. The van der Waals surface area contributed by atoms with Crippen molar-refractivity contribution in [3.63, 3.8) is 0 Å². The molecule has 0 atom stereocenters. The van der Waals surface area contributed by atoms with Crippen molar-refractivity contribution in [2.45, 2.75) is 13.8 Å². The quantitative estimate of drug-likeness (QED) is 0.0599. The van der Waals surface area contributed by atoms with Crippen LogP contribution in [-0.4, -0.2) is 30.1 Å². The smallest absolute Gasteiger partial charge is 0.150 e. The number of nitrogens with two attached hydrogens (primary N) is 1. The van der Waals surface area contributed by atoms with Crippen molar-refractivity contribution in [3.05, 3.63) is 175 Å². The third kappa shape index (κ3) is 9.88. The Morgan fingerprint density at radius 1 is 0.582 bits per heavy atom. The number of aromatic amines is 1. The van der Waals surface area contributed by atoms with Crippen LogP contribution in [-0.2, 0) is 32.7 Å². The van der Waals surface area contributed by atoms with Gasteiger partial charge in [0.2, 0.25) is 0 Å². The van der Waals surface area contributed by atoms with Gasteiger partial charge in [-0.05, 0) is 81.9 Å². The van der Waals surface area contributed by atoms with Crippen molar-refractivity contribution < 1.29 is 37.9 Å². The van der Waals surface area contributed by atoms with Gasteiger partial charge in [-0.1, -0.05) is 135 Å². The second-order valence-corrected chi connectivity index (χ2v) is 12.4. The van der Waals surface area contributed by atoms with E-state index in [1.165, 1.54) is 44.1 Å². The molecule has 55 heavy (non-hydrogen) atoms. The van der Waals surface area contributed by atoms with Crippen LogP contribution < -0.4 is 21.5 Å².